The first-order chi connectivity index (χ1) is 10.1. The topological polar surface area (TPSA) is 70.1 Å². The summed E-state index contributed by atoms with van der Waals surface area (Å²) in [6.45, 7) is 4.38. The maximum atomic E-state index is 11.7. The maximum absolute atomic E-state index is 11.7. The van der Waals surface area contributed by atoms with E-state index in [1.807, 2.05) is 6.33 Å². The van der Waals surface area contributed by atoms with Crippen molar-refractivity contribution < 1.29 is 9.63 Å². The van der Waals surface area contributed by atoms with Crippen LogP contribution in [0.4, 0.5) is 0 Å². The summed E-state index contributed by atoms with van der Waals surface area (Å²) in [5.74, 6) is 5.34. The summed E-state index contributed by atoms with van der Waals surface area (Å²) in [4.78, 5) is 20.5. The zero-order chi connectivity index (χ0) is 15.2. The molecule has 0 bridgehead atoms. The van der Waals surface area contributed by atoms with Crippen LogP contribution in [0.15, 0.2) is 12.5 Å². The van der Waals surface area contributed by atoms with Crippen molar-refractivity contribution in [3.8, 4) is 0 Å². The van der Waals surface area contributed by atoms with Gasteiger partial charge in [-0.3, -0.25) is 4.79 Å². The van der Waals surface area contributed by atoms with E-state index in [4.69, 9.17) is 5.90 Å². The van der Waals surface area contributed by atoms with Crippen LogP contribution in [0.25, 0.3) is 0 Å². The summed E-state index contributed by atoms with van der Waals surface area (Å²) in [6.07, 6.45) is 11.3. The highest BCUT2D eigenvalue weighted by molar-refractivity contribution is 5.72. The molecule has 0 amide bonds. The Bertz CT molecular complexity index is 450. The maximum Gasteiger partial charge on any atom is 0.327 e. The molecule has 1 saturated carbocycles. The fraction of sp³-hybridized carbons (Fsp3) is 0.750. The standard InChI is InChI=1S/C16H27N3O2/c1-3-4-13(16(20)21-17)9-14-10-19(11-18-14)15-7-5-12(2)6-8-15/h10-13,15H,3-9,17H2,1-2H3. The number of carbonyl (C=O) groups excluding carboxylic acids is 1. The van der Waals surface area contributed by atoms with Gasteiger partial charge in [0.15, 0.2) is 0 Å². The van der Waals surface area contributed by atoms with Crippen LogP contribution in [0.5, 0.6) is 0 Å². The molecular weight excluding hydrogens is 266 g/mol. The molecule has 1 aromatic rings. The molecule has 1 aliphatic rings. The molecule has 1 heterocycles. The Kier molecular flexibility index (Phi) is 5.79. The highest BCUT2D eigenvalue weighted by Crippen LogP contribution is 2.31. The summed E-state index contributed by atoms with van der Waals surface area (Å²) in [5, 5.41) is 0. The Labute approximate surface area is 126 Å². The van der Waals surface area contributed by atoms with Gasteiger partial charge in [0.2, 0.25) is 0 Å². The summed E-state index contributed by atoms with van der Waals surface area (Å²) < 4.78 is 2.22. The van der Waals surface area contributed by atoms with Gasteiger partial charge in [0, 0.05) is 18.7 Å². The first-order valence-corrected chi connectivity index (χ1v) is 8.07. The molecule has 1 fully saturated rings. The van der Waals surface area contributed by atoms with E-state index in [1.54, 1.807) is 0 Å². The number of aromatic nitrogens is 2. The third-order valence-electron chi connectivity index (χ3n) is 4.60. The van der Waals surface area contributed by atoms with Gasteiger partial charge in [0.1, 0.15) is 0 Å². The minimum atomic E-state index is -0.335. The average Bonchev–Trinajstić information content (AvgIpc) is 2.95. The second kappa shape index (κ2) is 7.59. The molecule has 1 atom stereocenters. The largest absolute Gasteiger partial charge is 0.373 e. The fourth-order valence-electron chi connectivity index (χ4n) is 3.23. The molecule has 1 aromatic heterocycles. The van der Waals surface area contributed by atoms with Crippen LogP contribution in [0.1, 0.15) is 64.1 Å². The molecule has 0 spiro atoms. The lowest BCUT2D eigenvalue weighted by Gasteiger charge is -2.26. The Morgan fingerprint density at radius 2 is 2.19 bits per heavy atom. The molecule has 1 aliphatic carbocycles. The predicted molar refractivity (Wildman–Crippen MR) is 81.3 cm³/mol. The number of imidazole rings is 1. The summed E-state index contributed by atoms with van der Waals surface area (Å²) in [6, 6.07) is 0.563. The Balaban J connectivity index is 1.97. The van der Waals surface area contributed by atoms with E-state index in [-0.39, 0.29) is 11.9 Å². The van der Waals surface area contributed by atoms with E-state index in [9.17, 15) is 4.79 Å². The number of hydrogen-bond acceptors (Lipinski definition) is 4. The van der Waals surface area contributed by atoms with Crippen LogP contribution < -0.4 is 5.90 Å². The Morgan fingerprint density at radius 1 is 1.48 bits per heavy atom. The van der Waals surface area contributed by atoms with Gasteiger partial charge in [-0.15, -0.1) is 0 Å². The SMILES string of the molecule is CCCC(Cc1cn(C2CCC(C)CC2)cn1)C(=O)ON. The molecule has 5 nitrogen and oxygen atoms in total. The average molecular weight is 293 g/mol. The molecule has 0 aliphatic heterocycles. The molecule has 2 N–H and O–H groups in total. The number of nitrogens with two attached hydrogens (primary N) is 1. The van der Waals surface area contributed by atoms with Gasteiger partial charge in [0.25, 0.3) is 0 Å². The predicted octanol–water partition coefficient (Wildman–Crippen LogP) is 3.01. The third-order valence-corrected chi connectivity index (χ3v) is 4.60. The molecule has 0 saturated heterocycles. The van der Waals surface area contributed by atoms with E-state index >= 15 is 0 Å². The van der Waals surface area contributed by atoms with Crippen molar-refractivity contribution >= 4 is 5.97 Å². The van der Waals surface area contributed by atoms with Gasteiger partial charge >= 0.3 is 5.97 Å². The third kappa shape index (κ3) is 4.30. The van der Waals surface area contributed by atoms with Crippen LogP contribution in [0.3, 0.4) is 0 Å². The monoisotopic (exact) mass is 293 g/mol. The van der Waals surface area contributed by atoms with Crippen LogP contribution in [0.2, 0.25) is 0 Å². The Hall–Kier alpha value is -1.36. The van der Waals surface area contributed by atoms with Gasteiger partial charge < -0.3 is 9.40 Å². The zero-order valence-corrected chi connectivity index (χ0v) is 13.1. The quantitative estimate of drug-likeness (QED) is 0.818. The van der Waals surface area contributed by atoms with E-state index in [0.717, 1.165) is 24.5 Å². The molecule has 1 unspecified atom stereocenters. The first kappa shape index (κ1) is 16.0. The van der Waals surface area contributed by atoms with Crippen molar-refractivity contribution in [2.45, 2.75) is 64.8 Å². The van der Waals surface area contributed by atoms with Gasteiger partial charge in [-0.2, -0.15) is 5.90 Å². The smallest absolute Gasteiger partial charge is 0.327 e. The minimum absolute atomic E-state index is 0.185. The molecule has 21 heavy (non-hydrogen) atoms. The van der Waals surface area contributed by atoms with Crippen molar-refractivity contribution in [2.75, 3.05) is 0 Å². The van der Waals surface area contributed by atoms with Gasteiger partial charge in [-0.1, -0.05) is 20.3 Å². The molecule has 0 aromatic carbocycles. The lowest BCUT2D eigenvalue weighted by atomic mass is 9.87. The number of rotatable bonds is 6. The van der Waals surface area contributed by atoms with Crippen molar-refractivity contribution in [1.29, 1.82) is 0 Å². The van der Waals surface area contributed by atoms with Crippen LogP contribution >= 0.6 is 0 Å². The van der Waals surface area contributed by atoms with Crippen LogP contribution in [-0.4, -0.2) is 15.5 Å². The normalized spacial score (nSPS) is 23.8. The second-order valence-corrected chi connectivity index (χ2v) is 6.35. The van der Waals surface area contributed by atoms with E-state index in [0.29, 0.717) is 12.5 Å². The van der Waals surface area contributed by atoms with Crippen molar-refractivity contribution in [2.24, 2.45) is 17.7 Å². The van der Waals surface area contributed by atoms with Crippen LogP contribution in [-0.2, 0) is 16.1 Å². The summed E-state index contributed by atoms with van der Waals surface area (Å²) >= 11 is 0. The first-order valence-electron chi connectivity index (χ1n) is 8.07. The van der Waals surface area contributed by atoms with Crippen molar-refractivity contribution in [3.63, 3.8) is 0 Å². The van der Waals surface area contributed by atoms with Crippen molar-refractivity contribution in [1.82, 2.24) is 9.55 Å². The second-order valence-electron chi connectivity index (χ2n) is 6.35. The Morgan fingerprint density at radius 3 is 2.81 bits per heavy atom. The minimum Gasteiger partial charge on any atom is -0.373 e. The van der Waals surface area contributed by atoms with Gasteiger partial charge in [-0.05, 0) is 38.0 Å². The van der Waals surface area contributed by atoms with Gasteiger partial charge in [0.05, 0.1) is 17.9 Å². The number of carbonyl (C=O) groups is 1. The fourth-order valence-corrected chi connectivity index (χ4v) is 3.23. The van der Waals surface area contributed by atoms with Gasteiger partial charge in [-0.25, -0.2) is 4.98 Å². The summed E-state index contributed by atoms with van der Waals surface area (Å²) in [7, 11) is 0. The van der Waals surface area contributed by atoms with E-state index < -0.39 is 0 Å². The lowest BCUT2D eigenvalue weighted by Crippen LogP contribution is -2.23. The molecule has 0 radical (unpaired) electrons. The lowest BCUT2D eigenvalue weighted by molar-refractivity contribution is -0.149. The van der Waals surface area contributed by atoms with Crippen molar-refractivity contribution in [3.05, 3.63) is 18.2 Å². The molecule has 118 valence electrons. The number of hydrogen-bond donors (Lipinski definition) is 1. The van der Waals surface area contributed by atoms with E-state index in [1.165, 1.54) is 25.7 Å². The number of nitrogens with zero attached hydrogens (tertiary/aromatic N) is 2. The highest BCUT2D eigenvalue weighted by atomic mass is 16.7. The van der Waals surface area contributed by atoms with Crippen LogP contribution in [0, 0.1) is 11.8 Å². The zero-order valence-electron chi connectivity index (χ0n) is 13.1. The molecule has 2 rings (SSSR count). The highest BCUT2D eigenvalue weighted by Gasteiger charge is 2.23. The molecule has 5 heteroatoms. The van der Waals surface area contributed by atoms with E-state index in [2.05, 4.69) is 34.4 Å². The molecular formula is C16H27N3O2. The summed E-state index contributed by atoms with van der Waals surface area (Å²) in [5.41, 5.74) is 0.956.